The topological polar surface area (TPSA) is 45.5 Å². The summed E-state index contributed by atoms with van der Waals surface area (Å²) in [5, 5.41) is 3.42. The molecule has 116 valence electrons. The van der Waals surface area contributed by atoms with Crippen molar-refractivity contribution in [2.75, 3.05) is 6.54 Å². The number of aryl methyl sites for hydroxylation is 1. The molecule has 0 spiro atoms. The highest BCUT2D eigenvalue weighted by Crippen LogP contribution is 2.31. The fraction of sp³-hybridized carbons (Fsp3) is 0.706. The zero-order chi connectivity index (χ0) is 14.8. The van der Waals surface area contributed by atoms with E-state index in [0.29, 0.717) is 18.5 Å². The molecule has 0 radical (unpaired) electrons. The van der Waals surface area contributed by atoms with Crippen molar-refractivity contribution in [3.63, 3.8) is 0 Å². The van der Waals surface area contributed by atoms with Crippen molar-refractivity contribution in [1.29, 1.82) is 0 Å². The first-order chi connectivity index (χ1) is 10.2. The molecule has 1 N–H and O–H groups in total. The largest absolute Gasteiger partial charge is 0.464 e. The third-order valence-electron chi connectivity index (χ3n) is 4.78. The van der Waals surface area contributed by atoms with Crippen molar-refractivity contribution in [2.24, 2.45) is 5.92 Å². The zero-order valence-electron chi connectivity index (χ0n) is 13.1. The first kappa shape index (κ1) is 14.6. The third-order valence-corrected chi connectivity index (χ3v) is 4.78. The first-order valence-corrected chi connectivity index (χ1v) is 8.26. The van der Waals surface area contributed by atoms with Gasteiger partial charge < -0.3 is 14.6 Å². The van der Waals surface area contributed by atoms with Crippen LogP contribution in [0.5, 0.6) is 0 Å². The highest BCUT2D eigenvalue weighted by atomic mass is 16.3. The summed E-state index contributed by atoms with van der Waals surface area (Å²) in [6, 6.07) is 4.38. The van der Waals surface area contributed by atoms with Crippen molar-refractivity contribution in [1.82, 2.24) is 10.2 Å². The normalized spacial score (nSPS) is 25.8. The Morgan fingerprint density at radius 1 is 1.38 bits per heavy atom. The molecule has 3 rings (SSSR count). The molecule has 0 aromatic carbocycles. The predicted octanol–water partition coefficient (Wildman–Crippen LogP) is 2.86. The molecule has 1 amide bonds. The molecule has 2 heterocycles. The van der Waals surface area contributed by atoms with Crippen LogP contribution in [0.2, 0.25) is 0 Å². The highest BCUT2D eigenvalue weighted by molar-refractivity contribution is 5.82. The number of piperidine rings is 1. The minimum Gasteiger partial charge on any atom is -0.464 e. The van der Waals surface area contributed by atoms with Crippen LogP contribution in [0.25, 0.3) is 0 Å². The zero-order valence-corrected chi connectivity index (χ0v) is 13.1. The van der Waals surface area contributed by atoms with Crippen LogP contribution in [0.3, 0.4) is 0 Å². The van der Waals surface area contributed by atoms with Crippen LogP contribution in [-0.4, -0.2) is 29.4 Å². The van der Waals surface area contributed by atoms with Crippen molar-refractivity contribution in [2.45, 2.75) is 64.6 Å². The summed E-state index contributed by atoms with van der Waals surface area (Å²) in [5.74, 6) is 2.77. The van der Waals surface area contributed by atoms with Gasteiger partial charge in [-0.3, -0.25) is 4.79 Å². The van der Waals surface area contributed by atoms with Crippen LogP contribution in [-0.2, 0) is 11.3 Å². The van der Waals surface area contributed by atoms with Gasteiger partial charge in [-0.1, -0.05) is 13.3 Å². The van der Waals surface area contributed by atoms with Gasteiger partial charge in [0, 0.05) is 6.04 Å². The molecule has 21 heavy (non-hydrogen) atoms. The van der Waals surface area contributed by atoms with Crippen molar-refractivity contribution >= 4 is 5.91 Å². The van der Waals surface area contributed by atoms with Gasteiger partial charge in [0.15, 0.2) is 0 Å². The number of carbonyl (C=O) groups is 1. The van der Waals surface area contributed by atoms with Gasteiger partial charge in [0.1, 0.15) is 11.5 Å². The van der Waals surface area contributed by atoms with E-state index in [-0.39, 0.29) is 11.9 Å². The Morgan fingerprint density at radius 3 is 2.81 bits per heavy atom. The van der Waals surface area contributed by atoms with Gasteiger partial charge in [-0.2, -0.15) is 0 Å². The van der Waals surface area contributed by atoms with Gasteiger partial charge in [-0.25, -0.2) is 0 Å². The Kier molecular flexibility index (Phi) is 4.34. The minimum absolute atomic E-state index is 0.000333. The molecule has 1 saturated carbocycles. The number of amides is 1. The molecule has 1 aromatic rings. The predicted molar refractivity (Wildman–Crippen MR) is 81.8 cm³/mol. The average Bonchev–Trinajstić information content (AvgIpc) is 3.27. The molecule has 4 nitrogen and oxygen atoms in total. The van der Waals surface area contributed by atoms with E-state index in [1.807, 2.05) is 24.0 Å². The maximum Gasteiger partial charge on any atom is 0.240 e. The molecular weight excluding hydrogens is 264 g/mol. The number of rotatable bonds is 5. The monoisotopic (exact) mass is 290 g/mol. The molecule has 4 heteroatoms. The smallest absolute Gasteiger partial charge is 0.240 e. The lowest BCUT2D eigenvalue weighted by atomic mass is 9.90. The van der Waals surface area contributed by atoms with Crippen LogP contribution in [0, 0.1) is 12.8 Å². The fourth-order valence-electron chi connectivity index (χ4n) is 3.27. The standard InChI is InChI=1S/C17H26N2O2/c1-3-13-8-9-18-16(10-13)17(20)19(14-5-6-14)11-15-7-4-12(2)21-15/h4,7,13-14,16,18H,3,5-6,8-11H2,1-2H3. The molecule has 1 aliphatic heterocycles. The Bertz CT molecular complexity index is 493. The maximum atomic E-state index is 12.9. The van der Waals surface area contributed by atoms with Gasteiger partial charge in [0.25, 0.3) is 0 Å². The van der Waals surface area contributed by atoms with E-state index >= 15 is 0 Å². The Morgan fingerprint density at radius 2 is 2.19 bits per heavy atom. The van der Waals surface area contributed by atoms with E-state index in [2.05, 4.69) is 12.2 Å². The summed E-state index contributed by atoms with van der Waals surface area (Å²) in [4.78, 5) is 14.9. The minimum atomic E-state index is 0.000333. The number of carbonyl (C=O) groups excluding carboxylic acids is 1. The molecule has 1 aromatic heterocycles. The third kappa shape index (κ3) is 3.49. The lowest BCUT2D eigenvalue weighted by molar-refractivity contribution is -0.136. The lowest BCUT2D eigenvalue weighted by Crippen LogP contribution is -2.50. The molecule has 0 bridgehead atoms. The van der Waals surface area contributed by atoms with Crippen molar-refractivity contribution in [3.8, 4) is 0 Å². The summed E-state index contributed by atoms with van der Waals surface area (Å²) < 4.78 is 5.66. The van der Waals surface area contributed by atoms with Gasteiger partial charge in [0.2, 0.25) is 5.91 Å². The Hall–Kier alpha value is -1.29. The fourth-order valence-corrected chi connectivity index (χ4v) is 3.27. The maximum absolute atomic E-state index is 12.9. The second kappa shape index (κ2) is 6.22. The van der Waals surface area contributed by atoms with E-state index in [1.165, 1.54) is 12.8 Å². The van der Waals surface area contributed by atoms with Gasteiger partial charge in [0.05, 0.1) is 12.6 Å². The van der Waals surface area contributed by atoms with Crippen LogP contribution in [0.1, 0.15) is 50.5 Å². The summed E-state index contributed by atoms with van der Waals surface area (Å²) in [7, 11) is 0. The van der Waals surface area contributed by atoms with E-state index in [1.54, 1.807) is 0 Å². The average molecular weight is 290 g/mol. The van der Waals surface area contributed by atoms with Crippen LogP contribution in [0.15, 0.2) is 16.5 Å². The summed E-state index contributed by atoms with van der Waals surface area (Å²) in [5.41, 5.74) is 0. The lowest BCUT2D eigenvalue weighted by Gasteiger charge is -2.33. The van der Waals surface area contributed by atoms with E-state index in [9.17, 15) is 4.79 Å². The molecule has 2 fully saturated rings. The second-order valence-electron chi connectivity index (χ2n) is 6.52. The van der Waals surface area contributed by atoms with Gasteiger partial charge in [-0.05, 0) is 57.2 Å². The highest BCUT2D eigenvalue weighted by Gasteiger charge is 2.37. The van der Waals surface area contributed by atoms with E-state index in [4.69, 9.17) is 4.42 Å². The SMILES string of the molecule is CCC1CCNC(C(=O)N(Cc2ccc(C)o2)C2CC2)C1. The Labute approximate surface area is 126 Å². The van der Waals surface area contributed by atoms with Crippen LogP contribution >= 0.6 is 0 Å². The number of hydrogen-bond acceptors (Lipinski definition) is 3. The molecule has 2 unspecified atom stereocenters. The van der Waals surface area contributed by atoms with Crippen LogP contribution < -0.4 is 5.32 Å². The van der Waals surface area contributed by atoms with E-state index < -0.39 is 0 Å². The second-order valence-corrected chi connectivity index (χ2v) is 6.52. The van der Waals surface area contributed by atoms with E-state index in [0.717, 1.165) is 37.3 Å². The summed E-state index contributed by atoms with van der Waals surface area (Å²) in [6.45, 7) is 5.75. The number of nitrogens with one attached hydrogen (secondary N) is 1. The van der Waals surface area contributed by atoms with Crippen molar-refractivity contribution in [3.05, 3.63) is 23.7 Å². The van der Waals surface area contributed by atoms with Crippen molar-refractivity contribution < 1.29 is 9.21 Å². The molecule has 1 saturated heterocycles. The quantitative estimate of drug-likeness (QED) is 0.907. The van der Waals surface area contributed by atoms with Gasteiger partial charge >= 0.3 is 0 Å². The Balaban J connectivity index is 1.67. The van der Waals surface area contributed by atoms with Gasteiger partial charge in [-0.15, -0.1) is 0 Å². The molecular formula is C17H26N2O2. The summed E-state index contributed by atoms with van der Waals surface area (Å²) >= 11 is 0. The number of nitrogens with zero attached hydrogens (tertiary/aromatic N) is 1. The molecule has 2 atom stereocenters. The first-order valence-electron chi connectivity index (χ1n) is 8.26. The summed E-state index contributed by atoms with van der Waals surface area (Å²) in [6.07, 6.45) is 5.62. The van der Waals surface area contributed by atoms with Crippen LogP contribution in [0.4, 0.5) is 0 Å². The molecule has 1 aliphatic carbocycles. The number of furan rings is 1. The molecule has 2 aliphatic rings. The number of hydrogen-bond donors (Lipinski definition) is 1.